The molecule has 0 fully saturated rings. The van der Waals surface area contributed by atoms with Crippen LogP contribution in [0.3, 0.4) is 0 Å². The zero-order chi connectivity index (χ0) is 17.8. The van der Waals surface area contributed by atoms with Crippen molar-refractivity contribution in [2.24, 2.45) is 0 Å². The summed E-state index contributed by atoms with van der Waals surface area (Å²) in [6.45, 7) is 3.16. The van der Waals surface area contributed by atoms with Gasteiger partial charge in [-0.15, -0.1) is 0 Å². The molecule has 0 unspecified atom stereocenters. The Morgan fingerprint density at radius 2 is 1.72 bits per heavy atom. The van der Waals surface area contributed by atoms with Gasteiger partial charge in [-0.2, -0.15) is 4.98 Å². The summed E-state index contributed by atoms with van der Waals surface area (Å²) >= 11 is 0. The van der Waals surface area contributed by atoms with E-state index in [1.54, 1.807) is 55.5 Å². The Labute approximate surface area is 143 Å². The molecule has 126 valence electrons. The summed E-state index contributed by atoms with van der Waals surface area (Å²) in [7, 11) is 0. The van der Waals surface area contributed by atoms with Crippen LogP contribution in [0.1, 0.15) is 23.1 Å². The summed E-state index contributed by atoms with van der Waals surface area (Å²) in [6.07, 6.45) is 0. The molecule has 0 radical (unpaired) electrons. The molecule has 3 aromatic rings. The van der Waals surface area contributed by atoms with E-state index < -0.39 is 5.97 Å². The maximum atomic E-state index is 12.2. The monoisotopic (exact) mass is 337 g/mol. The second-order valence-electron chi connectivity index (χ2n) is 5.32. The lowest BCUT2D eigenvalue weighted by Gasteiger charge is -2.06. The van der Waals surface area contributed by atoms with Crippen molar-refractivity contribution in [2.45, 2.75) is 13.8 Å². The number of hydrogen-bond acceptors (Lipinski definition) is 6. The molecule has 3 rings (SSSR count). The van der Waals surface area contributed by atoms with Gasteiger partial charge in [0.05, 0.1) is 5.56 Å². The van der Waals surface area contributed by atoms with Crippen LogP contribution >= 0.6 is 0 Å². The van der Waals surface area contributed by atoms with Crippen LogP contribution in [0.25, 0.3) is 11.5 Å². The first kappa shape index (κ1) is 16.4. The Hall–Kier alpha value is -3.48. The average Bonchev–Trinajstić information content (AvgIpc) is 3.03. The highest BCUT2D eigenvalue weighted by Gasteiger charge is 2.11. The fourth-order valence-corrected chi connectivity index (χ4v) is 2.14. The molecular weight excluding hydrogens is 322 g/mol. The molecule has 0 aliphatic rings. The number of anilines is 1. The minimum Gasteiger partial charge on any atom is -0.423 e. The molecule has 25 heavy (non-hydrogen) atoms. The average molecular weight is 337 g/mol. The molecule has 2 aromatic carbocycles. The van der Waals surface area contributed by atoms with E-state index in [1.165, 1.54) is 6.92 Å². The standard InChI is InChI=1S/C18H15N3O4/c1-11-19-17(25-21-11)13-3-5-14(6-4-13)18(23)24-16-9-7-15(8-10-16)20-12(2)22/h3-10H,1-2H3,(H,20,22). The smallest absolute Gasteiger partial charge is 0.343 e. The molecule has 0 bridgehead atoms. The van der Waals surface area contributed by atoms with E-state index in [1.807, 2.05) is 0 Å². The lowest BCUT2D eigenvalue weighted by molar-refractivity contribution is -0.114. The third-order valence-electron chi connectivity index (χ3n) is 3.28. The predicted octanol–water partition coefficient (Wildman–Crippen LogP) is 3.22. The van der Waals surface area contributed by atoms with E-state index >= 15 is 0 Å². The van der Waals surface area contributed by atoms with Crippen molar-refractivity contribution in [3.63, 3.8) is 0 Å². The highest BCUT2D eigenvalue weighted by Crippen LogP contribution is 2.20. The van der Waals surface area contributed by atoms with Crippen molar-refractivity contribution >= 4 is 17.6 Å². The summed E-state index contributed by atoms with van der Waals surface area (Å²) in [5.74, 6) is 0.671. The minimum absolute atomic E-state index is 0.165. The van der Waals surface area contributed by atoms with Crippen LogP contribution in [0, 0.1) is 6.92 Å². The van der Waals surface area contributed by atoms with Gasteiger partial charge in [0.15, 0.2) is 5.82 Å². The lowest BCUT2D eigenvalue weighted by Crippen LogP contribution is -2.09. The molecule has 0 saturated carbocycles. The van der Waals surface area contributed by atoms with Gasteiger partial charge in [-0.1, -0.05) is 5.16 Å². The minimum atomic E-state index is -0.486. The molecule has 7 heteroatoms. The fraction of sp³-hybridized carbons (Fsp3) is 0.111. The molecule has 0 atom stereocenters. The predicted molar refractivity (Wildman–Crippen MR) is 90.2 cm³/mol. The molecule has 0 saturated heterocycles. The normalized spacial score (nSPS) is 10.3. The largest absolute Gasteiger partial charge is 0.423 e. The Morgan fingerprint density at radius 3 is 2.28 bits per heavy atom. The number of ether oxygens (including phenoxy) is 1. The summed E-state index contributed by atoms with van der Waals surface area (Å²) in [6, 6.07) is 13.2. The van der Waals surface area contributed by atoms with Crippen molar-refractivity contribution in [2.75, 3.05) is 5.32 Å². The number of carbonyl (C=O) groups is 2. The van der Waals surface area contributed by atoms with Crippen LogP contribution in [0.2, 0.25) is 0 Å². The summed E-state index contributed by atoms with van der Waals surface area (Å²) in [5.41, 5.74) is 1.74. The summed E-state index contributed by atoms with van der Waals surface area (Å²) in [5, 5.41) is 6.37. The maximum absolute atomic E-state index is 12.2. The second kappa shape index (κ2) is 6.96. The zero-order valence-electron chi connectivity index (χ0n) is 13.6. The van der Waals surface area contributed by atoms with Crippen molar-refractivity contribution in [1.82, 2.24) is 10.1 Å². The number of aryl methyl sites for hydroxylation is 1. The Morgan fingerprint density at radius 1 is 1.04 bits per heavy atom. The first-order chi connectivity index (χ1) is 12.0. The van der Waals surface area contributed by atoms with Gasteiger partial charge in [0.1, 0.15) is 5.75 Å². The molecule has 0 aliphatic heterocycles. The highest BCUT2D eigenvalue weighted by atomic mass is 16.5. The van der Waals surface area contributed by atoms with Crippen molar-refractivity contribution in [3.05, 3.63) is 59.9 Å². The number of nitrogens with zero attached hydrogens (tertiary/aromatic N) is 2. The van der Waals surface area contributed by atoms with Crippen molar-refractivity contribution in [3.8, 4) is 17.2 Å². The molecular formula is C18H15N3O4. The van der Waals surface area contributed by atoms with Gasteiger partial charge >= 0.3 is 5.97 Å². The molecule has 1 aromatic heterocycles. The number of nitrogens with one attached hydrogen (secondary N) is 1. The Kier molecular flexibility index (Phi) is 4.56. The van der Waals surface area contributed by atoms with Gasteiger partial charge in [-0.3, -0.25) is 4.79 Å². The van der Waals surface area contributed by atoms with Gasteiger partial charge < -0.3 is 14.6 Å². The highest BCUT2D eigenvalue weighted by molar-refractivity contribution is 5.92. The van der Waals surface area contributed by atoms with E-state index in [0.29, 0.717) is 28.7 Å². The molecule has 1 amide bonds. The number of benzene rings is 2. The van der Waals surface area contributed by atoms with Crippen LogP contribution < -0.4 is 10.1 Å². The van der Waals surface area contributed by atoms with Gasteiger partial charge in [0, 0.05) is 18.2 Å². The van der Waals surface area contributed by atoms with Gasteiger partial charge in [0.25, 0.3) is 5.89 Å². The number of amides is 1. The van der Waals surface area contributed by atoms with Crippen molar-refractivity contribution < 1.29 is 18.8 Å². The number of hydrogen-bond donors (Lipinski definition) is 1. The van der Waals surface area contributed by atoms with Crippen LogP contribution in [-0.2, 0) is 4.79 Å². The van der Waals surface area contributed by atoms with Gasteiger partial charge in [0.2, 0.25) is 5.91 Å². The fourth-order valence-electron chi connectivity index (χ4n) is 2.14. The number of rotatable bonds is 4. The van der Waals surface area contributed by atoms with E-state index in [2.05, 4.69) is 15.5 Å². The van der Waals surface area contributed by atoms with Crippen LogP contribution in [0.4, 0.5) is 5.69 Å². The molecule has 7 nitrogen and oxygen atoms in total. The van der Waals surface area contributed by atoms with Crippen LogP contribution in [-0.4, -0.2) is 22.0 Å². The second-order valence-corrected chi connectivity index (χ2v) is 5.32. The van der Waals surface area contributed by atoms with E-state index in [-0.39, 0.29) is 5.91 Å². The summed E-state index contributed by atoms with van der Waals surface area (Å²) < 4.78 is 10.4. The molecule has 0 spiro atoms. The van der Waals surface area contributed by atoms with Crippen molar-refractivity contribution in [1.29, 1.82) is 0 Å². The number of esters is 1. The summed E-state index contributed by atoms with van der Waals surface area (Å²) in [4.78, 5) is 27.3. The molecule has 1 N–H and O–H groups in total. The van der Waals surface area contributed by atoms with Gasteiger partial charge in [-0.25, -0.2) is 4.79 Å². The van der Waals surface area contributed by atoms with Crippen LogP contribution in [0.15, 0.2) is 53.1 Å². The maximum Gasteiger partial charge on any atom is 0.343 e. The Bertz CT molecular complexity index is 899. The molecule has 1 heterocycles. The quantitative estimate of drug-likeness (QED) is 0.580. The van der Waals surface area contributed by atoms with Gasteiger partial charge in [-0.05, 0) is 55.5 Å². The first-order valence-electron chi connectivity index (χ1n) is 7.52. The third kappa shape index (κ3) is 4.08. The SMILES string of the molecule is CC(=O)Nc1ccc(OC(=O)c2ccc(-c3nc(C)no3)cc2)cc1. The number of carbonyl (C=O) groups excluding carboxylic acids is 2. The van der Waals surface area contributed by atoms with E-state index in [9.17, 15) is 9.59 Å². The van der Waals surface area contributed by atoms with E-state index in [4.69, 9.17) is 9.26 Å². The zero-order valence-corrected chi connectivity index (χ0v) is 13.6. The third-order valence-corrected chi connectivity index (χ3v) is 3.28. The lowest BCUT2D eigenvalue weighted by atomic mass is 10.1. The Balaban J connectivity index is 1.67. The topological polar surface area (TPSA) is 94.3 Å². The van der Waals surface area contributed by atoms with E-state index in [0.717, 1.165) is 5.56 Å². The first-order valence-corrected chi connectivity index (χ1v) is 7.52. The number of aromatic nitrogens is 2. The molecule has 0 aliphatic carbocycles. The van der Waals surface area contributed by atoms with Crippen LogP contribution in [0.5, 0.6) is 5.75 Å².